The predicted octanol–water partition coefficient (Wildman–Crippen LogP) is 13.4. The van der Waals surface area contributed by atoms with E-state index in [9.17, 15) is 4.79 Å². The Labute approximate surface area is 283 Å². The molecule has 0 aromatic heterocycles. The van der Waals surface area contributed by atoms with Crippen molar-refractivity contribution in [2.24, 2.45) is 0 Å². The second-order valence-corrected chi connectivity index (χ2v) is 19.9. The van der Waals surface area contributed by atoms with Crippen LogP contribution < -0.4 is 5.32 Å². The van der Waals surface area contributed by atoms with E-state index in [-0.39, 0.29) is 0 Å². The molecule has 0 spiro atoms. The van der Waals surface area contributed by atoms with Crippen molar-refractivity contribution in [3.05, 3.63) is 0 Å². The molecular weight excluding hydrogens is 575 g/mol. The third-order valence-electron chi connectivity index (χ3n) is 9.41. The minimum atomic E-state index is -1.67. The van der Waals surface area contributed by atoms with Crippen LogP contribution in [0.2, 0.25) is 19.1 Å². The first-order valence-electron chi connectivity index (χ1n) is 19.9. The maximum Gasteiger partial charge on any atom is 0.188 e. The average molecular weight is 656 g/mol. The van der Waals surface area contributed by atoms with Crippen molar-refractivity contribution in [1.29, 1.82) is 0 Å². The van der Waals surface area contributed by atoms with Crippen molar-refractivity contribution >= 4 is 25.2 Å². The molecule has 0 saturated heterocycles. The second-order valence-electron chi connectivity index (χ2n) is 14.4. The topological polar surface area (TPSA) is 38.3 Å². The molecule has 0 aliphatic carbocycles. The molecule has 264 valence electrons. The SMILES string of the molecule is CCCCCCCCCCCCCCCC(=O)SCCC[Si](C)(C)OCC(CCCCCCCCCCCCCCC)NC. The lowest BCUT2D eigenvalue weighted by Crippen LogP contribution is -2.38. The van der Waals surface area contributed by atoms with E-state index in [2.05, 4.69) is 39.3 Å². The Bertz CT molecular complexity index is 588. The van der Waals surface area contributed by atoms with Crippen LogP contribution in [0.15, 0.2) is 0 Å². The zero-order valence-corrected chi connectivity index (χ0v) is 32.7. The maximum absolute atomic E-state index is 12.3. The van der Waals surface area contributed by atoms with Crippen LogP contribution in [0.1, 0.15) is 200 Å². The van der Waals surface area contributed by atoms with E-state index in [1.165, 1.54) is 167 Å². The van der Waals surface area contributed by atoms with Crippen molar-refractivity contribution in [3.63, 3.8) is 0 Å². The van der Waals surface area contributed by atoms with E-state index < -0.39 is 8.32 Å². The summed E-state index contributed by atoms with van der Waals surface area (Å²) in [7, 11) is 0.422. The van der Waals surface area contributed by atoms with Gasteiger partial charge in [-0.15, -0.1) is 0 Å². The van der Waals surface area contributed by atoms with Crippen molar-refractivity contribution in [3.8, 4) is 0 Å². The van der Waals surface area contributed by atoms with Crippen LogP contribution in [0.3, 0.4) is 0 Å². The molecular formula is C39H81NO2SSi. The lowest BCUT2D eigenvalue weighted by Gasteiger charge is -2.26. The quantitative estimate of drug-likeness (QED) is 0.0538. The number of likely N-dealkylation sites (N-methyl/N-ethyl adjacent to an activating group) is 1. The lowest BCUT2D eigenvalue weighted by molar-refractivity contribution is -0.111. The van der Waals surface area contributed by atoms with Gasteiger partial charge >= 0.3 is 0 Å². The monoisotopic (exact) mass is 656 g/mol. The van der Waals surface area contributed by atoms with Gasteiger partial charge in [-0.05, 0) is 45.4 Å². The van der Waals surface area contributed by atoms with Gasteiger partial charge in [0.15, 0.2) is 13.4 Å². The lowest BCUT2D eigenvalue weighted by atomic mass is 10.0. The number of nitrogens with one attached hydrogen (secondary N) is 1. The van der Waals surface area contributed by atoms with Gasteiger partial charge in [0, 0.05) is 24.8 Å². The van der Waals surface area contributed by atoms with Gasteiger partial charge < -0.3 is 9.74 Å². The van der Waals surface area contributed by atoms with Gasteiger partial charge in [-0.1, -0.05) is 186 Å². The summed E-state index contributed by atoms with van der Waals surface area (Å²) >= 11 is 1.57. The van der Waals surface area contributed by atoms with Crippen molar-refractivity contribution in [2.75, 3.05) is 19.4 Å². The molecule has 0 bridgehead atoms. The first-order valence-corrected chi connectivity index (χ1v) is 24.0. The third kappa shape index (κ3) is 33.5. The van der Waals surface area contributed by atoms with E-state index in [0.717, 1.165) is 37.7 Å². The largest absolute Gasteiger partial charge is 0.416 e. The Morgan fingerprint density at radius 3 is 1.39 bits per heavy atom. The summed E-state index contributed by atoms with van der Waals surface area (Å²) in [6, 6.07) is 1.63. The Balaban J connectivity index is 3.60. The standard InChI is InChI=1S/C39H81NO2SSi/c1-6-8-10-12-14-16-18-20-22-24-26-28-30-33-38(40-3)37-42-44(4,5)36-32-35-43-39(41)34-31-29-27-25-23-21-19-17-15-13-11-9-7-2/h38,40H,6-37H2,1-5H3. The number of carbonyl (C=O) groups is 1. The summed E-state index contributed by atoms with van der Waals surface area (Å²) in [4.78, 5) is 12.3. The van der Waals surface area contributed by atoms with E-state index in [4.69, 9.17) is 4.43 Å². The number of unbranched alkanes of at least 4 members (excludes halogenated alkanes) is 24. The van der Waals surface area contributed by atoms with Gasteiger partial charge in [0.2, 0.25) is 0 Å². The molecule has 3 nitrogen and oxygen atoms in total. The minimum Gasteiger partial charge on any atom is -0.416 e. The number of carbonyl (C=O) groups excluding carboxylic acids is 1. The average Bonchev–Trinajstić information content (AvgIpc) is 3.01. The molecule has 0 saturated carbocycles. The highest BCUT2D eigenvalue weighted by Crippen LogP contribution is 2.20. The number of thioether (sulfide) groups is 1. The molecule has 1 unspecified atom stereocenters. The Hall–Kier alpha value is 0.157. The van der Waals surface area contributed by atoms with E-state index in [1.54, 1.807) is 11.8 Å². The molecule has 1 N–H and O–H groups in total. The first kappa shape index (κ1) is 44.2. The fraction of sp³-hybridized carbons (Fsp3) is 0.974. The van der Waals surface area contributed by atoms with Crippen LogP contribution in [0.4, 0.5) is 0 Å². The summed E-state index contributed by atoms with van der Waals surface area (Å²) in [5, 5.41) is 3.90. The number of hydrogen-bond donors (Lipinski definition) is 1. The molecule has 0 heterocycles. The molecule has 0 aliphatic rings. The van der Waals surface area contributed by atoms with Crippen LogP contribution in [-0.2, 0) is 9.22 Å². The highest BCUT2D eigenvalue weighted by molar-refractivity contribution is 8.13. The Kier molecular flexibility index (Phi) is 34.6. The fourth-order valence-electron chi connectivity index (χ4n) is 6.16. The molecule has 0 aromatic carbocycles. The molecule has 5 heteroatoms. The van der Waals surface area contributed by atoms with Gasteiger partial charge in [0.05, 0.1) is 0 Å². The van der Waals surface area contributed by atoms with Crippen molar-refractivity contribution in [2.45, 2.75) is 225 Å². The second kappa shape index (κ2) is 34.5. The van der Waals surface area contributed by atoms with Crippen LogP contribution in [-0.4, -0.2) is 38.9 Å². The number of rotatable bonds is 36. The summed E-state index contributed by atoms with van der Waals surface area (Å²) in [5.41, 5.74) is 0. The normalized spacial score (nSPS) is 12.7. The summed E-state index contributed by atoms with van der Waals surface area (Å²) in [5.74, 6) is 0.964. The van der Waals surface area contributed by atoms with E-state index in [0.29, 0.717) is 11.2 Å². The first-order chi connectivity index (χ1) is 21.4. The molecule has 0 aliphatic heterocycles. The van der Waals surface area contributed by atoms with Gasteiger partial charge in [-0.2, -0.15) is 0 Å². The molecule has 0 fully saturated rings. The van der Waals surface area contributed by atoms with E-state index >= 15 is 0 Å². The molecule has 44 heavy (non-hydrogen) atoms. The van der Waals surface area contributed by atoms with Crippen LogP contribution in [0, 0.1) is 0 Å². The summed E-state index contributed by atoms with van der Waals surface area (Å²) in [6.07, 6.45) is 39.1. The minimum absolute atomic E-state index is 0.404. The molecule has 1 atom stereocenters. The zero-order chi connectivity index (χ0) is 32.4. The number of hydrogen-bond acceptors (Lipinski definition) is 4. The fourth-order valence-corrected chi connectivity index (χ4v) is 9.05. The molecule has 0 radical (unpaired) electrons. The van der Waals surface area contributed by atoms with Gasteiger partial charge in [0.1, 0.15) is 0 Å². The highest BCUT2D eigenvalue weighted by Gasteiger charge is 2.23. The maximum atomic E-state index is 12.3. The summed E-state index contributed by atoms with van der Waals surface area (Å²) in [6.45, 7) is 10.1. The van der Waals surface area contributed by atoms with Gasteiger partial charge in [0.25, 0.3) is 0 Å². The highest BCUT2D eigenvalue weighted by atomic mass is 32.2. The smallest absolute Gasteiger partial charge is 0.188 e. The Morgan fingerprint density at radius 2 is 0.977 bits per heavy atom. The molecule has 0 amide bonds. The van der Waals surface area contributed by atoms with Gasteiger partial charge in [-0.3, -0.25) is 4.79 Å². The van der Waals surface area contributed by atoms with Crippen LogP contribution >= 0.6 is 11.8 Å². The van der Waals surface area contributed by atoms with Crippen LogP contribution in [0.25, 0.3) is 0 Å². The van der Waals surface area contributed by atoms with Gasteiger partial charge in [-0.25, -0.2) is 0 Å². The van der Waals surface area contributed by atoms with E-state index in [1.807, 2.05) is 0 Å². The predicted molar refractivity (Wildman–Crippen MR) is 204 cm³/mol. The molecule has 0 rings (SSSR count). The van der Waals surface area contributed by atoms with Crippen LogP contribution in [0.5, 0.6) is 0 Å². The summed E-state index contributed by atoms with van der Waals surface area (Å²) < 4.78 is 6.49. The van der Waals surface area contributed by atoms with Crippen molar-refractivity contribution in [1.82, 2.24) is 5.32 Å². The zero-order valence-electron chi connectivity index (χ0n) is 30.9. The Morgan fingerprint density at radius 1 is 0.591 bits per heavy atom. The van der Waals surface area contributed by atoms with Crippen molar-refractivity contribution < 1.29 is 9.22 Å². The molecule has 0 aromatic rings. The third-order valence-corrected chi connectivity index (χ3v) is 12.9.